The number of hydrogen-bond acceptors (Lipinski definition) is 3. The Kier molecular flexibility index (Phi) is 3.99. The zero-order chi connectivity index (χ0) is 14.9. The number of nitrogen functional groups attached to an aromatic ring is 1. The van der Waals surface area contributed by atoms with Crippen molar-refractivity contribution in [2.24, 2.45) is 0 Å². The van der Waals surface area contributed by atoms with E-state index < -0.39 is 0 Å². The van der Waals surface area contributed by atoms with Gasteiger partial charge in [0.2, 0.25) is 0 Å². The van der Waals surface area contributed by atoms with Gasteiger partial charge in [-0.25, -0.2) is 0 Å². The molecule has 20 heavy (non-hydrogen) atoms. The summed E-state index contributed by atoms with van der Waals surface area (Å²) in [7, 11) is 0. The molecule has 5 nitrogen and oxygen atoms in total. The molecule has 0 aliphatic heterocycles. The molecule has 6 heteroatoms. The second-order valence-electron chi connectivity index (χ2n) is 4.60. The third-order valence-electron chi connectivity index (χ3n) is 3.06. The van der Waals surface area contributed by atoms with Crippen LogP contribution in [0.3, 0.4) is 0 Å². The predicted octanol–water partition coefficient (Wildman–Crippen LogP) is 3.01. The third kappa shape index (κ3) is 2.63. The monoisotopic (exact) mass is 292 g/mol. The number of aromatic nitrogens is 2. The SMILES string of the molecule is CCn1nc(C)c(N)c1C(=O)Nc1ccc(C)cc1Cl. The van der Waals surface area contributed by atoms with E-state index in [0.717, 1.165) is 5.56 Å². The highest BCUT2D eigenvalue weighted by atomic mass is 35.5. The molecule has 0 atom stereocenters. The lowest BCUT2D eigenvalue weighted by Gasteiger charge is -2.09. The average molecular weight is 293 g/mol. The summed E-state index contributed by atoms with van der Waals surface area (Å²) in [4.78, 5) is 12.4. The van der Waals surface area contributed by atoms with Crippen molar-refractivity contribution < 1.29 is 4.79 Å². The molecule has 1 heterocycles. The van der Waals surface area contributed by atoms with Crippen LogP contribution in [0.5, 0.6) is 0 Å². The molecule has 1 aromatic heterocycles. The van der Waals surface area contributed by atoms with Crippen LogP contribution in [0, 0.1) is 13.8 Å². The zero-order valence-corrected chi connectivity index (χ0v) is 12.5. The number of aryl methyl sites for hydroxylation is 3. The molecular formula is C14H17ClN4O. The average Bonchev–Trinajstić information content (AvgIpc) is 2.68. The molecule has 0 spiro atoms. The van der Waals surface area contributed by atoms with Crippen LogP contribution < -0.4 is 11.1 Å². The first-order valence-electron chi connectivity index (χ1n) is 6.34. The number of hydrogen-bond donors (Lipinski definition) is 2. The minimum Gasteiger partial charge on any atom is -0.395 e. The number of carbonyl (C=O) groups excluding carboxylic acids is 1. The molecule has 0 radical (unpaired) electrons. The van der Waals surface area contributed by atoms with Crippen LogP contribution in [-0.4, -0.2) is 15.7 Å². The lowest BCUT2D eigenvalue weighted by Crippen LogP contribution is -2.19. The number of nitrogens with two attached hydrogens (primary N) is 1. The van der Waals surface area contributed by atoms with E-state index in [1.54, 1.807) is 23.7 Å². The molecular weight excluding hydrogens is 276 g/mol. The zero-order valence-electron chi connectivity index (χ0n) is 11.7. The van der Waals surface area contributed by atoms with E-state index in [-0.39, 0.29) is 5.91 Å². The van der Waals surface area contributed by atoms with Gasteiger partial charge in [0.05, 0.1) is 22.1 Å². The molecule has 0 fully saturated rings. The summed E-state index contributed by atoms with van der Waals surface area (Å²) in [6, 6.07) is 5.45. The maximum absolute atomic E-state index is 12.4. The fourth-order valence-corrected chi connectivity index (χ4v) is 2.25. The molecule has 0 saturated heterocycles. The Morgan fingerprint density at radius 3 is 2.75 bits per heavy atom. The van der Waals surface area contributed by atoms with Gasteiger partial charge in [-0.2, -0.15) is 5.10 Å². The van der Waals surface area contributed by atoms with Crippen molar-refractivity contribution in [3.8, 4) is 0 Å². The Balaban J connectivity index is 2.33. The minimum absolute atomic E-state index is 0.310. The lowest BCUT2D eigenvalue weighted by atomic mass is 10.2. The second-order valence-corrected chi connectivity index (χ2v) is 5.01. The number of rotatable bonds is 3. The van der Waals surface area contributed by atoms with E-state index in [0.29, 0.717) is 34.3 Å². The van der Waals surface area contributed by atoms with E-state index >= 15 is 0 Å². The summed E-state index contributed by atoms with van der Waals surface area (Å²) in [5, 5.41) is 7.49. The fourth-order valence-electron chi connectivity index (χ4n) is 1.97. The summed E-state index contributed by atoms with van der Waals surface area (Å²) in [5.74, 6) is -0.310. The Morgan fingerprint density at radius 2 is 2.15 bits per heavy atom. The maximum atomic E-state index is 12.4. The largest absolute Gasteiger partial charge is 0.395 e. The normalized spacial score (nSPS) is 10.6. The highest BCUT2D eigenvalue weighted by Crippen LogP contribution is 2.24. The molecule has 0 saturated carbocycles. The molecule has 0 unspecified atom stereocenters. The van der Waals surface area contributed by atoms with E-state index in [1.807, 2.05) is 19.9 Å². The molecule has 2 rings (SSSR count). The summed E-state index contributed by atoms with van der Waals surface area (Å²) in [6.45, 7) is 6.19. The number of nitrogens with one attached hydrogen (secondary N) is 1. The van der Waals surface area contributed by atoms with Crippen LogP contribution in [0.25, 0.3) is 0 Å². The molecule has 0 bridgehead atoms. The third-order valence-corrected chi connectivity index (χ3v) is 3.37. The molecule has 3 N–H and O–H groups in total. The van der Waals surface area contributed by atoms with E-state index in [4.69, 9.17) is 17.3 Å². The Labute approximate surface area is 122 Å². The van der Waals surface area contributed by atoms with Gasteiger partial charge >= 0.3 is 0 Å². The number of amides is 1. The van der Waals surface area contributed by atoms with Gasteiger partial charge in [-0.15, -0.1) is 0 Å². The van der Waals surface area contributed by atoms with Gasteiger partial charge in [-0.05, 0) is 38.5 Å². The highest BCUT2D eigenvalue weighted by molar-refractivity contribution is 6.34. The van der Waals surface area contributed by atoms with Gasteiger partial charge in [0, 0.05) is 6.54 Å². The van der Waals surface area contributed by atoms with Crippen LogP contribution in [0.2, 0.25) is 5.02 Å². The summed E-state index contributed by atoms with van der Waals surface area (Å²) in [6.07, 6.45) is 0. The van der Waals surface area contributed by atoms with Crippen molar-refractivity contribution >= 4 is 28.9 Å². The summed E-state index contributed by atoms with van der Waals surface area (Å²) < 4.78 is 1.59. The molecule has 0 aliphatic rings. The fraction of sp³-hybridized carbons (Fsp3) is 0.286. The molecule has 0 aliphatic carbocycles. The first-order chi connectivity index (χ1) is 9.43. The maximum Gasteiger partial charge on any atom is 0.276 e. The molecule has 1 amide bonds. The van der Waals surface area contributed by atoms with Crippen molar-refractivity contribution in [2.75, 3.05) is 11.1 Å². The number of benzene rings is 1. The molecule has 2 aromatic rings. The second kappa shape index (κ2) is 5.54. The number of carbonyl (C=O) groups is 1. The van der Waals surface area contributed by atoms with Crippen molar-refractivity contribution in [3.63, 3.8) is 0 Å². The quantitative estimate of drug-likeness (QED) is 0.913. The minimum atomic E-state index is -0.310. The van der Waals surface area contributed by atoms with Gasteiger partial charge < -0.3 is 11.1 Å². The van der Waals surface area contributed by atoms with Crippen molar-refractivity contribution in [2.45, 2.75) is 27.3 Å². The molecule has 1 aromatic carbocycles. The Bertz CT molecular complexity index is 663. The number of anilines is 2. The topological polar surface area (TPSA) is 72.9 Å². The first kappa shape index (κ1) is 14.4. The van der Waals surface area contributed by atoms with Gasteiger partial charge in [0.25, 0.3) is 5.91 Å². The van der Waals surface area contributed by atoms with Crippen LogP contribution in [0.1, 0.15) is 28.7 Å². The molecule has 106 valence electrons. The van der Waals surface area contributed by atoms with Crippen LogP contribution in [-0.2, 0) is 6.54 Å². The Hall–Kier alpha value is -2.01. The van der Waals surface area contributed by atoms with Crippen molar-refractivity contribution in [1.29, 1.82) is 0 Å². The van der Waals surface area contributed by atoms with Gasteiger partial charge in [0.1, 0.15) is 5.69 Å². The van der Waals surface area contributed by atoms with Crippen molar-refractivity contribution in [1.82, 2.24) is 9.78 Å². The van der Waals surface area contributed by atoms with Crippen molar-refractivity contribution in [3.05, 3.63) is 40.2 Å². The van der Waals surface area contributed by atoms with E-state index in [1.165, 1.54) is 0 Å². The summed E-state index contributed by atoms with van der Waals surface area (Å²) >= 11 is 6.11. The standard InChI is InChI=1S/C14H17ClN4O/c1-4-19-13(12(16)9(3)18-19)14(20)17-11-6-5-8(2)7-10(11)15/h5-7H,4,16H2,1-3H3,(H,17,20). The number of nitrogens with zero attached hydrogens (tertiary/aromatic N) is 2. The van der Waals surface area contributed by atoms with Gasteiger partial charge in [0.15, 0.2) is 0 Å². The van der Waals surface area contributed by atoms with E-state index in [9.17, 15) is 4.79 Å². The number of halogens is 1. The van der Waals surface area contributed by atoms with Gasteiger partial charge in [-0.1, -0.05) is 17.7 Å². The first-order valence-corrected chi connectivity index (χ1v) is 6.72. The van der Waals surface area contributed by atoms with E-state index in [2.05, 4.69) is 10.4 Å². The highest BCUT2D eigenvalue weighted by Gasteiger charge is 2.19. The van der Waals surface area contributed by atoms with Crippen LogP contribution >= 0.6 is 11.6 Å². The smallest absolute Gasteiger partial charge is 0.276 e. The predicted molar refractivity (Wildman–Crippen MR) is 81.2 cm³/mol. The lowest BCUT2D eigenvalue weighted by molar-refractivity contribution is 0.101. The van der Waals surface area contributed by atoms with Crippen LogP contribution in [0.15, 0.2) is 18.2 Å². The Morgan fingerprint density at radius 1 is 1.45 bits per heavy atom. The van der Waals surface area contributed by atoms with Crippen LogP contribution in [0.4, 0.5) is 11.4 Å². The van der Waals surface area contributed by atoms with Gasteiger partial charge in [-0.3, -0.25) is 9.48 Å². The summed E-state index contributed by atoms with van der Waals surface area (Å²) in [5.41, 5.74) is 8.91.